The van der Waals surface area contributed by atoms with Crippen molar-refractivity contribution in [2.45, 2.75) is 13.8 Å². The fourth-order valence-corrected chi connectivity index (χ4v) is 4.24. The number of rotatable bonds is 11. The number of hydrogen-bond acceptors (Lipinski definition) is 9. The van der Waals surface area contributed by atoms with Crippen molar-refractivity contribution in [1.29, 1.82) is 0 Å². The van der Waals surface area contributed by atoms with E-state index in [-0.39, 0.29) is 17.7 Å². The lowest BCUT2D eigenvalue weighted by molar-refractivity contribution is 0.0951. The molecule has 4 rings (SSSR count). The van der Waals surface area contributed by atoms with Crippen molar-refractivity contribution in [3.8, 4) is 17.2 Å². The van der Waals surface area contributed by atoms with Crippen LogP contribution in [0.1, 0.15) is 21.5 Å². The van der Waals surface area contributed by atoms with Crippen LogP contribution in [0.3, 0.4) is 0 Å². The Hall–Kier alpha value is -5.16. The number of methoxy groups -OCH3 is 2. The molecule has 0 fully saturated rings. The molecule has 4 aromatic rings. The van der Waals surface area contributed by atoms with Crippen LogP contribution < -0.4 is 29.7 Å². The van der Waals surface area contributed by atoms with Crippen molar-refractivity contribution in [2.75, 3.05) is 51.6 Å². The molecule has 1 aromatic heterocycles. The Morgan fingerprint density at radius 2 is 1.63 bits per heavy atom. The van der Waals surface area contributed by atoms with E-state index in [0.29, 0.717) is 40.7 Å². The zero-order valence-electron chi connectivity index (χ0n) is 25.2. The van der Waals surface area contributed by atoms with Gasteiger partial charge in [0, 0.05) is 42.7 Å². The predicted octanol–water partition coefficient (Wildman–Crippen LogP) is 5.48. The minimum atomic E-state index is -0.685. The summed E-state index contributed by atoms with van der Waals surface area (Å²) in [6.07, 6.45) is 0.849. The maximum Gasteiger partial charge on any atom is 0.425 e. The quantitative estimate of drug-likeness (QED) is 0.236. The highest BCUT2D eigenvalue weighted by atomic mass is 16.6. The van der Waals surface area contributed by atoms with Gasteiger partial charge < -0.3 is 29.7 Å². The minimum absolute atomic E-state index is 0.155. The third kappa shape index (κ3) is 7.77. The van der Waals surface area contributed by atoms with Gasteiger partial charge in [-0.1, -0.05) is 18.2 Å². The smallest absolute Gasteiger partial charge is 0.425 e. The van der Waals surface area contributed by atoms with Crippen LogP contribution in [-0.4, -0.2) is 68.3 Å². The fourth-order valence-electron chi connectivity index (χ4n) is 4.24. The Morgan fingerprint density at radius 1 is 0.907 bits per heavy atom. The zero-order chi connectivity index (χ0) is 30.9. The van der Waals surface area contributed by atoms with Gasteiger partial charge in [-0.2, -0.15) is 4.98 Å². The zero-order valence-corrected chi connectivity index (χ0v) is 25.2. The fraction of sp³-hybridized carbons (Fsp3) is 0.250. The molecule has 0 bridgehead atoms. The molecule has 43 heavy (non-hydrogen) atoms. The maximum absolute atomic E-state index is 13.8. The molecule has 2 N–H and O–H groups in total. The molecule has 11 heteroatoms. The van der Waals surface area contributed by atoms with Crippen LogP contribution in [0.25, 0.3) is 0 Å². The molecule has 0 radical (unpaired) electrons. The number of nitrogens with zero attached hydrogens (tertiary/aromatic N) is 4. The van der Waals surface area contributed by atoms with E-state index in [9.17, 15) is 9.59 Å². The Kier molecular flexibility index (Phi) is 10.1. The van der Waals surface area contributed by atoms with Crippen LogP contribution in [0, 0.1) is 13.8 Å². The molecule has 2 amide bonds. The van der Waals surface area contributed by atoms with E-state index in [4.69, 9.17) is 14.2 Å². The van der Waals surface area contributed by atoms with Gasteiger partial charge in [0.15, 0.2) is 0 Å². The average Bonchev–Trinajstić information content (AvgIpc) is 2.99. The van der Waals surface area contributed by atoms with Crippen LogP contribution >= 0.6 is 0 Å². The summed E-state index contributed by atoms with van der Waals surface area (Å²) in [5.74, 6) is 1.72. The third-order valence-electron chi connectivity index (χ3n) is 6.53. The van der Waals surface area contributed by atoms with Crippen molar-refractivity contribution in [1.82, 2.24) is 20.2 Å². The van der Waals surface area contributed by atoms with Gasteiger partial charge in [-0.3, -0.25) is 4.79 Å². The first kappa shape index (κ1) is 30.8. The standard InChI is InChI=1S/C32H36N6O5/c1-21-8-7-9-22(2)29(21)43-32(40)38(26-15-14-25(41-5)20-27(26)42-6)28-16-17-34-31(36-28)35-24-12-10-23(11-13-24)30(39)33-18-19-37(3)4/h7-17,20H,18-19H2,1-6H3,(H,33,39)(H,34,35,36). The summed E-state index contributed by atoms with van der Waals surface area (Å²) < 4.78 is 16.9. The van der Waals surface area contributed by atoms with Gasteiger partial charge in [-0.05, 0) is 75.5 Å². The molecule has 1 heterocycles. The summed E-state index contributed by atoms with van der Waals surface area (Å²) in [6.45, 7) is 5.04. The van der Waals surface area contributed by atoms with Gasteiger partial charge in [0.25, 0.3) is 5.91 Å². The van der Waals surface area contributed by atoms with Gasteiger partial charge in [0.05, 0.1) is 19.9 Å². The van der Waals surface area contributed by atoms with E-state index >= 15 is 0 Å². The molecular formula is C32H36N6O5. The lowest BCUT2D eigenvalue weighted by Gasteiger charge is -2.24. The Labute approximate surface area is 251 Å². The first-order valence-electron chi connectivity index (χ1n) is 13.6. The van der Waals surface area contributed by atoms with E-state index in [1.165, 1.54) is 18.2 Å². The monoisotopic (exact) mass is 584 g/mol. The van der Waals surface area contributed by atoms with Crippen LogP contribution in [0.15, 0.2) is 72.9 Å². The number of benzene rings is 3. The summed E-state index contributed by atoms with van der Waals surface area (Å²) in [5, 5.41) is 6.03. The molecular weight excluding hydrogens is 548 g/mol. The summed E-state index contributed by atoms with van der Waals surface area (Å²) in [4.78, 5) is 38.5. The number of carbonyl (C=O) groups is 2. The predicted molar refractivity (Wildman–Crippen MR) is 166 cm³/mol. The molecule has 11 nitrogen and oxygen atoms in total. The number of carbonyl (C=O) groups excluding carboxylic acids is 2. The van der Waals surface area contributed by atoms with Crippen LogP contribution in [0.4, 0.5) is 27.9 Å². The summed E-state index contributed by atoms with van der Waals surface area (Å²) in [7, 11) is 6.95. The summed E-state index contributed by atoms with van der Waals surface area (Å²) in [5.41, 5.74) is 3.22. The van der Waals surface area contributed by atoms with Crippen LogP contribution in [0.2, 0.25) is 0 Å². The maximum atomic E-state index is 13.8. The molecule has 0 aliphatic rings. The minimum Gasteiger partial charge on any atom is -0.497 e. The molecule has 0 atom stereocenters. The van der Waals surface area contributed by atoms with Crippen molar-refractivity contribution in [2.24, 2.45) is 0 Å². The second kappa shape index (κ2) is 14.1. The van der Waals surface area contributed by atoms with Gasteiger partial charge in [0.1, 0.15) is 23.1 Å². The number of aromatic nitrogens is 2. The highest BCUT2D eigenvalue weighted by Gasteiger charge is 2.27. The molecule has 0 aliphatic heterocycles. The molecule has 0 spiro atoms. The summed E-state index contributed by atoms with van der Waals surface area (Å²) in [6, 6.07) is 19.3. The lowest BCUT2D eigenvalue weighted by Crippen LogP contribution is -2.31. The van der Waals surface area contributed by atoms with E-state index in [1.54, 1.807) is 55.6 Å². The molecule has 0 aliphatic carbocycles. The normalized spacial score (nSPS) is 10.7. The second-order valence-electron chi connectivity index (χ2n) is 9.96. The number of amides is 2. The molecule has 224 valence electrons. The van der Waals surface area contributed by atoms with E-state index in [2.05, 4.69) is 20.6 Å². The van der Waals surface area contributed by atoms with Crippen LogP contribution in [-0.2, 0) is 0 Å². The number of aryl methyl sites for hydroxylation is 2. The van der Waals surface area contributed by atoms with E-state index < -0.39 is 6.09 Å². The molecule has 0 unspecified atom stereocenters. The Morgan fingerprint density at radius 3 is 2.28 bits per heavy atom. The van der Waals surface area contributed by atoms with Crippen molar-refractivity contribution >= 4 is 35.1 Å². The average molecular weight is 585 g/mol. The molecule has 0 saturated heterocycles. The number of nitrogens with one attached hydrogen (secondary N) is 2. The second-order valence-corrected chi connectivity index (χ2v) is 9.96. The number of ether oxygens (including phenoxy) is 3. The first-order chi connectivity index (χ1) is 20.7. The van der Waals surface area contributed by atoms with E-state index in [1.807, 2.05) is 51.0 Å². The SMILES string of the molecule is COc1ccc(N(C(=O)Oc2c(C)cccc2C)c2ccnc(Nc3ccc(C(=O)NCCN(C)C)cc3)n2)c(OC)c1. The van der Waals surface area contributed by atoms with E-state index in [0.717, 1.165) is 17.7 Å². The van der Waals surface area contributed by atoms with Crippen molar-refractivity contribution in [3.05, 3.63) is 89.6 Å². The largest absolute Gasteiger partial charge is 0.497 e. The van der Waals surface area contributed by atoms with Gasteiger partial charge >= 0.3 is 6.09 Å². The molecule has 3 aromatic carbocycles. The summed E-state index contributed by atoms with van der Waals surface area (Å²) >= 11 is 0. The number of anilines is 4. The topological polar surface area (TPSA) is 118 Å². The van der Waals surface area contributed by atoms with Gasteiger partial charge in [-0.25, -0.2) is 14.7 Å². The lowest BCUT2D eigenvalue weighted by atomic mass is 10.1. The van der Waals surface area contributed by atoms with Gasteiger partial charge in [0.2, 0.25) is 5.95 Å². The number of likely N-dealkylation sites (N-methyl/N-ethyl adjacent to an activating group) is 1. The number of para-hydroxylation sites is 1. The van der Waals surface area contributed by atoms with Crippen molar-refractivity contribution < 1.29 is 23.8 Å². The van der Waals surface area contributed by atoms with Gasteiger partial charge in [-0.15, -0.1) is 0 Å². The van der Waals surface area contributed by atoms with Crippen LogP contribution in [0.5, 0.6) is 17.2 Å². The highest BCUT2D eigenvalue weighted by molar-refractivity contribution is 5.98. The molecule has 0 saturated carbocycles. The Bertz CT molecular complexity index is 1560. The number of hydrogen-bond donors (Lipinski definition) is 2. The Balaban J connectivity index is 1.63. The highest BCUT2D eigenvalue weighted by Crippen LogP contribution is 2.37. The third-order valence-corrected chi connectivity index (χ3v) is 6.53. The van der Waals surface area contributed by atoms with Crippen molar-refractivity contribution in [3.63, 3.8) is 0 Å². The first-order valence-corrected chi connectivity index (χ1v) is 13.6.